The van der Waals surface area contributed by atoms with Crippen molar-refractivity contribution in [2.75, 3.05) is 11.9 Å². The Kier molecular flexibility index (Phi) is 3.72. The summed E-state index contributed by atoms with van der Waals surface area (Å²) in [4.78, 5) is 0. The van der Waals surface area contributed by atoms with Crippen molar-refractivity contribution in [3.05, 3.63) is 28.8 Å². The maximum atomic E-state index is 5.94. The minimum absolute atomic E-state index is 0.360. The van der Waals surface area contributed by atoms with Crippen molar-refractivity contribution in [1.82, 2.24) is 0 Å². The molecule has 0 bridgehead atoms. The molecule has 2 rings (SSSR count). The van der Waals surface area contributed by atoms with Gasteiger partial charge >= 0.3 is 0 Å². The Hall–Kier alpha value is -0.730. The highest BCUT2D eigenvalue weighted by atomic mass is 35.5. The van der Waals surface area contributed by atoms with E-state index in [1.54, 1.807) is 0 Å². The molecule has 1 saturated heterocycles. The lowest BCUT2D eigenvalue weighted by atomic mass is 10.0. The molecule has 2 nitrogen and oxygen atoms in total. The molecular formula is C13H18ClNO. The Morgan fingerprint density at radius 3 is 2.94 bits per heavy atom. The van der Waals surface area contributed by atoms with Gasteiger partial charge < -0.3 is 10.1 Å². The van der Waals surface area contributed by atoms with Gasteiger partial charge in [-0.1, -0.05) is 11.6 Å². The summed E-state index contributed by atoms with van der Waals surface area (Å²) >= 11 is 5.94. The molecule has 0 saturated carbocycles. The Bertz CT molecular complexity index is 367. The third-order valence-electron chi connectivity index (χ3n) is 3.03. The third kappa shape index (κ3) is 2.89. The van der Waals surface area contributed by atoms with Gasteiger partial charge in [-0.2, -0.15) is 0 Å². The van der Waals surface area contributed by atoms with Crippen LogP contribution in [0, 0.1) is 6.92 Å². The molecule has 2 unspecified atom stereocenters. The molecule has 88 valence electrons. The van der Waals surface area contributed by atoms with Gasteiger partial charge in [0.05, 0.1) is 6.10 Å². The number of halogens is 1. The van der Waals surface area contributed by atoms with Gasteiger partial charge in [0, 0.05) is 23.4 Å². The Balaban J connectivity index is 2.02. The second-order valence-corrected chi connectivity index (χ2v) is 4.94. The molecule has 16 heavy (non-hydrogen) atoms. The van der Waals surface area contributed by atoms with E-state index in [2.05, 4.69) is 25.2 Å². The molecule has 1 heterocycles. The van der Waals surface area contributed by atoms with Crippen LogP contribution in [0.1, 0.15) is 25.3 Å². The zero-order chi connectivity index (χ0) is 11.5. The number of benzene rings is 1. The quantitative estimate of drug-likeness (QED) is 0.851. The third-order valence-corrected chi connectivity index (χ3v) is 3.27. The highest BCUT2D eigenvalue weighted by Gasteiger charge is 2.19. The molecule has 0 aromatic heterocycles. The van der Waals surface area contributed by atoms with Crippen molar-refractivity contribution < 1.29 is 4.74 Å². The van der Waals surface area contributed by atoms with Crippen LogP contribution in [0.4, 0.5) is 5.69 Å². The molecule has 2 atom stereocenters. The summed E-state index contributed by atoms with van der Waals surface area (Å²) in [5, 5.41) is 4.36. The molecule has 1 N–H and O–H groups in total. The number of ether oxygens (including phenoxy) is 1. The van der Waals surface area contributed by atoms with E-state index in [-0.39, 0.29) is 0 Å². The summed E-state index contributed by atoms with van der Waals surface area (Å²) in [6.45, 7) is 5.06. The number of aryl methyl sites for hydroxylation is 1. The van der Waals surface area contributed by atoms with Gasteiger partial charge in [0.15, 0.2) is 0 Å². The van der Waals surface area contributed by atoms with Crippen molar-refractivity contribution in [3.8, 4) is 0 Å². The summed E-state index contributed by atoms with van der Waals surface area (Å²) in [5.41, 5.74) is 2.38. The molecular weight excluding hydrogens is 222 g/mol. The van der Waals surface area contributed by atoms with Crippen LogP contribution in [-0.2, 0) is 4.74 Å². The lowest BCUT2D eigenvalue weighted by molar-refractivity contribution is 0.0232. The molecule has 0 aliphatic carbocycles. The predicted octanol–water partition coefficient (Wildman–Crippen LogP) is 3.63. The van der Waals surface area contributed by atoms with Crippen LogP contribution in [0.2, 0.25) is 5.02 Å². The zero-order valence-electron chi connectivity index (χ0n) is 9.79. The van der Waals surface area contributed by atoms with Crippen molar-refractivity contribution >= 4 is 17.3 Å². The minimum atomic E-state index is 0.360. The Morgan fingerprint density at radius 1 is 1.44 bits per heavy atom. The summed E-state index contributed by atoms with van der Waals surface area (Å²) in [6.07, 6.45) is 2.51. The minimum Gasteiger partial charge on any atom is -0.382 e. The topological polar surface area (TPSA) is 21.3 Å². The lowest BCUT2D eigenvalue weighted by Crippen LogP contribution is -2.32. The molecule has 1 aromatic carbocycles. The molecule has 0 radical (unpaired) electrons. The van der Waals surface area contributed by atoms with Crippen LogP contribution in [0.25, 0.3) is 0 Å². The monoisotopic (exact) mass is 239 g/mol. The summed E-state index contributed by atoms with van der Waals surface area (Å²) in [6, 6.07) is 6.49. The van der Waals surface area contributed by atoms with Crippen LogP contribution in [0.15, 0.2) is 18.2 Å². The average molecular weight is 240 g/mol. The van der Waals surface area contributed by atoms with Crippen LogP contribution in [0.5, 0.6) is 0 Å². The predicted molar refractivity (Wildman–Crippen MR) is 68.2 cm³/mol. The van der Waals surface area contributed by atoms with E-state index in [0.717, 1.165) is 24.5 Å². The molecule has 1 aliphatic heterocycles. The first-order valence-corrected chi connectivity index (χ1v) is 6.17. The van der Waals surface area contributed by atoms with Gasteiger partial charge in [0.2, 0.25) is 0 Å². The largest absolute Gasteiger partial charge is 0.382 e. The Labute approximate surface area is 102 Å². The lowest BCUT2D eigenvalue weighted by Gasteiger charge is -2.29. The maximum absolute atomic E-state index is 5.94. The van der Waals surface area contributed by atoms with E-state index < -0.39 is 0 Å². The number of hydrogen-bond donors (Lipinski definition) is 1. The highest BCUT2D eigenvalue weighted by molar-refractivity contribution is 6.30. The molecule has 1 aromatic rings. The second-order valence-electron chi connectivity index (χ2n) is 4.51. The van der Waals surface area contributed by atoms with E-state index in [0.29, 0.717) is 12.1 Å². The van der Waals surface area contributed by atoms with Crippen molar-refractivity contribution in [2.45, 2.75) is 38.8 Å². The maximum Gasteiger partial charge on any atom is 0.0566 e. The van der Waals surface area contributed by atoms with Crippen LogP contribution < -0.4 is 5.32 Å². The van der Waals surface area contributed by atoms with Crippen molar-refractivity contribution in [3.63, 3.8) is 0 Å². The zero-order valence-corrected chi connectivity index (χ0v) is 10.6. The first-order chi connectivity index (χ1) is 7.65. The molecule has 0 spiro atoms. The smallest absolute Gasteiger partial charge is 0.0566 e. The van der Waals surface area contributed by atoms with E-state index in [1.807, 2.05) is 12.1 Å². The standard InChI is InChI=1S/C13H18ClNO/c1-9-7-11(14)3-4-13(9)15-12-5-6-16-10(2)8-12/h3-4,7,10,12,15H,5-6,8H2,1-2H3. The average Bonchev–Trinajstić information content (AvgIpc) is 2.22. The van der Waals surface area contributed by atoms with E-state index in [1.165, 1.54) is 11.3 Å². The van der Waals surface area contributed by atoms with Gasteiger partial charge in [-0.25, -0.2) is 0 Å². The fourth-order valence-electron chi connectivity index (χ4n) is 2.14. The van der Waals surface area contributed by atoms with Crippen LogP contribution >= 0.6 is 11.6 Å². The summed E-state index contributed by atoms with van der Waals surface area (Å²) < 4.78 is 5.53. The second kappa shape index (κ2) is 5.07. The van der Waals surface area contributed by atoms with E-state index in [9.17, 15) is 0 Å². The molecule has 1 aliphatic rings. The fraction of sp³-hybridized carbons (Fsp3) is 0.538. The van der Waals surface area contributed by atoms with Crippen molar-refractivity contribution in [2.24, 2.45) is 0 Å². The number of rotatable bonds is 2. The summed E-state index contributed by atoms with van der Waals surface area (Å²) in [7, 11) is 0. The molecule has 0 amide bonds. The van der Waals surface area contributed by atoms with E-state index >= 15 is 0 Å². The van der Waals surface area contributed by atoms with Gasteiger partial charge in [0.1, 0.15) is 0 Å². The van der Waals surface area contributed by atoms with Gasteiger partial charge in [-0.15, -0.1) is 0 Å². The van der Waals surface area contributed by atoms with Crippen LogP contribution in [0.3, 0.4) is 0 Å². The normalized spacial score (nSPS) is 25.4. The SMILES string of the molecule is Cc1cc(Cl)ccc1NC1CCOC(C)C1. The van der Waals surface area contributed by atoms with Crippen molar-refractivity contribution in [1.29, 1.82) is 0 Å². The first kappa shape index (κ1) is 11.7. The molecule has 1 fully saturated rings. The van der Waals surface area contributed by atoms with E-state index in [4.69, 9.17) is 16.3 Å². The highest BCUT2D eigenvalue weighted by Crippen LogP contribution is 2.23. The van der Waals surface area contributed by atoms with Crippen LogP contribution in [-0.4, -0.2) is 18.8 Å². The first-order valence-electron chi connectivity index (χ1n) is 5.79. The number of hydrogen-bond acceptors (Lipinski definition) is 2. The molecule has 3 heteroatoms. The van der Waals surface area contributed by atoms with Gasteiger partial charge in [-0.3, -0.25) is 0 Å². The Morgan fingerprint density at radius 2 is 2.25 bits per heavy atom. The van der Waals surface area contributed by atoms with Gasteiger partial charge in [0.25, 0.3) is 0 Å². The number of nitrogens with one attached hydrogen (secondary N) is 1. The number of anilines is 1. The fourth-order valence-corrected chi connectivity index (χ4v) is 2.36. The van der Waals surface area contributed by atoms with Gasteiger partial charge in [-0.05, 0) is 50.5 Å². The summed E-state index contributed by atoms with van der Waals surface area (Å²) in [5.74, 6) is 0.